The molecular formula is C26H30ClN3O4. The highest BCUT2D eigenvalue weighted by atomic mass is 35.5. The van der Waals surface area contributed by atoms with Gasteiger partial charge in [-0.15, -0.1) is 0 Å². The van der Waals surface area contributed by atoms with Crippen molar-refractivity contribution in [1.29, 1.82) is 0 Å². The summed E-state index contributed by atoms with van der Waals surface area (Å²) in [5.74, 6) is 1.26. The molecular weight excluding hydrogens is 454 g/mol. The van der Waals surface area contributed by atoms with E-state index >= 15 is 0 Å². The van der Waals surface area contributed by atoms with Gasteiger partial charge in [-0.1, -0.05) is 43.1 Å². The number of fused-ring (bicyclic) bond motifs is 1. The van der Waals surface area contributed by atoms with Gasteiger partial charge in [-0.3, -0.25) is 9.89 Å². The van der Waals surface area contributed by atoms with Crippen LogP contribution in [0.3, 0.4) is 0 Å². The lowest BCUT2D eigenvalue weighted by Gasteiger charge is -2.27. The van der Waals surface area contributed by atoms with Crippen molar-refractivity contribution in [2.75, 3.05) is 34.0 Å². The minimum atomic E-state index is -0.317. The number of nitrogens with zero attached hydrogens (tertiary/aromatic N) is 2. The number of H-pyrrole nitrogens is 1. The Hall–Kier alpha value is -3.03. The zero-order valence-corrected chi connectivity index (χ0v) is 20.5. The lowest BCUT2D eigenvalue weighted by atomic mass is 9.95. The summed E-state index contributed by atoms with van der Waals surface area (Å²) in [6.07, 6.45) is 2.75. The third-order valence-corrected chi connectivity index (χ3v) is 6.24. The largest absolute Gasteiger partial charge is 0.493 e. The molecule has 1 aliphatic heterocycles. The van der Waals surface area contributed by atoms with Crippen LogP contribution in [0.15, 0.2) is 42.5 Å². The number of nitrogens with one attached hydrogen (secondary N) is 1. The van der Waals surface area contributed by atoms with Crippen LogP contribution in [0.5, 0.6) is 11.5 Å². The number of methoxy groups -OCH3 is 2. The zero-order chi connectivity index (χ0) is 24.1. The van der Waals surface area contributed by atoms with Crippen molar-refractivity contribution in [3.63, 3.8) is 0 Å². The molecule has 0 aliphatic carbocycles. The number of hydrogen-bond acceptors (Lipinski definition) is 5. The highest BCUT2D eigenvalue weighted by Gasteiger charge is 2.42. The van der Waals surface area contributed by atoms with Crippen LogP contribution < -0.4 is 9.47 Å². The second kappa shape index (κ2) is 10.9. The van der Waals surface area contributed by atoms with Gasteiger partial charge in [0.05, 0.1) is 25.5 Å². The van der Waals surface area contributed by atoms with Gasteiger partial charge in [0.25, 0.3) is 5.91 Å². The maximum atomic E-state index is 13.4. The van der Waals surface area contributed by atoms with Gasteiger partial charge in [0.15, 0.2) is 11.5 Å². The van der Waals surface area contributed by atoms with Crippen LogP contribution in [-0.2, 0) is 4.74 Å². The van der Waals surface area contributed by atoms with E-state index in [9.17, 15) is 4.79 Å². The molecule has 1 atom stereocenters. The van der Waals surface area contributed by atoms with Gasteiger partial charge < -0.3 is 19.1 Å². The summed E-state index contributed by atoms with van der Waals surface area (Å²) in [4.78, 5) is 15.3. The number of halogens is 1. The number of carbonyl (C=O) groups is 1. The first-order valence-electron chi connectivity index (χ1n) is 11.5. The van der Waals surface area contributed by atoms with E-state index in [4.69, 9.17) is 25.8 Å². The molecule has 3 aromatic rings. The molecule has 8 heteroatoms. The van der Waals surface area contributed by atoms with Crippen LogP contribution in [0, 0.1) is 0 Å². The molecule has 1 N–H and O–H groups in total. The van der Waals surface area contributed by atoms with Gasteiger partial charge >= 0.3 is 0 Å². The van der Waals surface area contributed by atoms with Crippen molar-refractivity contribution in [1.82, 2.24) is 15.1 Å². The van der Waals surface area contributed by atoms with Crippen LogP contribution in [0.1, 0.15) is 53.8 Å². The molecule has 1 aliphatic rings. The second-order valence-electron chi connectivity index (χ2n) is 8.23. The molecule has 4 rings (SSSR count). The fourth-order valence-electron chi connectivity index (χ4n) is 4.28. The fraction of sp³-hybridized carbons (Fsp3) is 0.385. The number of rotatable bonds is 11. The van der Waals surface area contributed by atoms with Crippen LogP contribution in [0.25, 0.3) is 11.3 Å². The van der Waals surface area contributed by atoms with Crippen LogP contribution in [0.2, 0.25) is 5.02 Å². The minimum absolute atomic E-state index is 0.0777. The molecule has 1 unspecified atom stereocenters. The third-order valence-electron chi connectivity index (χ3n) is 5.99. The van der Waals surface area contributed by atoms with Crippen molar-refractivity contribution < 1.29 is 19.0 Å². The summed E-state index contributed by atoms with van der Waals surface area (Å²) in [5, 5.41) is 8.14. The highest BCUT2D eigenvalue weighted by Crippen LogP contribution is 2.44. The van der Waals surface area contributed by atoms with Gasteiger partial charge in [0, 0.05) is 36.4 Å². The van der Waals surface area contributed by atoms with Crippen LogP contribution in [-0.4, -0.2) is 55.0 Å². The Morgan fingerprint density at radius 2 is 1.85 bits per heavy atom. The van der Waals surface area contributed by atoms with Crippen molar-refractivity contribution in [3.8, 4) is 22.8 Å². The maximum Gasteiger partial charge on any atom is 0.273 e. The van der Waals surface area contributed by atoms with E-state index in [1.807, 2.05) is 47.4 Å². The summed E-state index contributed by atoms with van der Waals surface area (Å²) in [5.41, 5.74) is 3.92. The Labute approximate surface area is 205 Å². The molecule has 0 saturated heterocycles. The standard InChI is InChI=1S/C26H30ClN3O4/c1-4-5-15-34-20-12-9-18(16-21(20)33-3)25-22-23(17-7-10-19(27)11-8-17)28-29-24(22)26(31)30(25)13-6-14-32-2/h7-12,16,25H,4-6,13-15H2,1-3H3,(H,28,29). The molecule has 0 radical (unpaired) electrons. The molecule has 0 saturated carbocycles. The molecule has 0 spiro atoms. The zero-order valence-electron chi connectivity index (χ0n) is 19.8. The van der Waals surface area contributed by atoms with Crippen molar-refractivity contribution in [2.24, 2.45) is 0 Å². The molecule has 2 aromatic carbocycles. The fourth-order valence-corrected chi connectivity index (χ4v) is 4.41. The first-order chi connectivity index (χ1) is 16.6. The number of aromatic amines is 1. The SMILES string of the molecule is CCCCOc1ccc(C2c3c(-c4ccc(Cl)cc4)n[nH]c3C(=O)N2CCCOC)cc1OC. The summed E-state index contributed by atoms with van der Waals surface area (Å²) in [6, 6.07) is 13.0. The summed E-state index contributed by atoms with van der Waals surface area (Å²) >= 11 is 6.10. The molecule has 2 heterocycles. The average Bonchev–Trinajstić information content (AvgIpc) is 3.39. The summed E-state index contributed by atoms with van der Waals surface area (Å²) in [6.45, 7) is 3.88. The number of hydrogen-bond donors (Lipinski definition) is 1. The van der Waals surface area contributed by atoms with Gasteiger partial charge in [-0.25, -0.2) is 0 Å². The molecule has 34 heavy (non-hydrogen) atoms. The molecule has 1 aromatic heterocycles. The van der Waals surface area contributed by atoms with E-state index < -0.39 is 0 Å². The molecule has 1 amide bonds. The smallest absolute Gasteiger partial charge is 0.273 e. The number of amides is 1. The number of carbonyl (C=O) groups excluding carboxylic acids is 1. The number of aromatic nitrogens is 2. The predicted molar refractivity (Wildman–Crippen MR) is 132 cm³/mol. The summed E-state index contributed by atoms with van der Waals surface area (Å²) in [7, 11) is 3.29. The normalized spacial score (nSPS) is 15.0. The van der Waals surface area contributed by atoms with Gasteiger partial charge in [-0.05, 0) is 42.7 Å². The first kappa shape index (κ1) is 24.1. The van der Waals surface area contributed by atoms with Gasteiger partial charge in [-0.2, -0.15) is 5.10 Å². The monoisotopic (exact) mass is 483 g/mol. The van der Waals surface area contributed by atoms with E-state index in [0.717, 1.165) is 41.6 Å². The van der Waals surface area contributed by atoms with Crippen molar-refractivity contribution in [2.45, 2.75) is 32.2 Å². The van der Waals surface area contributed by atoms with E-state index in [0.29, 0.717) is 42.0 Å². The molecule has 180 valence electrons. The second-order valence-corrected chi connectivity index (χ2v) is 8.66. The molecule has 0 bridgehead atoms. The molecule has 7 nitrogen and oxygen atoms in total. The van der Waals surface area contributed by atoms with Gasteiger partial charge in [0.1, 0.15) is 5.69 Å². The topological polar surface area (TPSA) is 76.7 Å². The Bertz CT molecular complexity index is 1130. The Balaban J connectivity index is 1.76. The van der Waals surface area contributed by atoms with Crippen LogP contribution in [0.4, 0.5) is 0 Å². The number of unbranched alkanes of at least 4 members (excludes halogenated alkanes) is 1. The maximum absolute atomic E-state index is 13.4. The number of ether oxygens (including phenoxy) is 3. The van der Waals surface area contributed by atoms with E-state index in [2.05, 4.69) is 17.1 Å². The van der Waals surface area contributed by atoms with Crippen LogP contribution >= 0.6 is 11.6 Å². The first-order valence-corrected chi connectivity index (χ1v) is 11.9. The molecule has 0 fully saturated rings. The minimum Gasteiger partial charge on any atom is -0.493 e. The number of benzene rings is 2. The highest BCUT2D eigenvalue weighted by molar-refractivity contribution is 6.30. The van der Waals surface area contributed by atoms with E-state index in [1.54, 1.807) is 14.2 Å². The van der Waals surface area contributed by atoms with E-state index in [-0.39, 0.29) is 11.9 Å². The van der Waals surface area contributed by atoms with Crippen molar-refractivity contribution >= 4 is 17.5 Å². The Morgan fingerprint density at radius 3 is 2.56 bits per heavy atom. The van der Waals surface area contributed by atoms with Crippen molar-refractivity contribution in [3.05, 3.63) is 64.3 Å². The third kappa shape index (κ3) is 4.76. The van der Waals surface area contributed by atoms with Gasteiger partial charge in [0.2, 0.25) is 0 Å². The lowest BCUT2D eigenvalue weighted by Crippen LogP contribution is -2.31. The van der Waals surface area contributed by atoms with E-state index in [1.165, 1.54) is 0 Å². The lowest BCUT2D eigenvalue weighted by molar-refractivity contribution is 0.0723. The average molecular weight is 484 g/mol. The Morgan fingerprint density at radius 1 is 1.06 bits per heavy atom. The predicted octanol–water partition coefficient (Wildman–Crippen LogP) is 5.50. The quantitative estimate of drug-likeness (QED) is 0.364. The summed E-state index contributed by atoms with van der Waals surface area (Å²) < 4.78 is 16.8. The Kier molecular flexibility index (Phi) is 7.75.